The Labute approximate surface area is 92.3 Å². The highest BCUT2D eigenvalue weighted by molar-refractivity contribution is 5.91. The summed E-state index contributed by atoms with van der Waals surface area (Å²) in [5.41, 5.74) is -0.492. The zero-order valence-corrected chi connectivity index (χ0v) is 9.19. The van der Waals surface area contributed by atoms with Gasteiger partial charge in [-0.25, -0.2) is 4.79 Å². The number of pyridine rings is 1. The largest absolute Gasteiger partial charge is 0.507 e. The van der Waals surface area contributed by atoms with Gasteiger partial charge in [0.25, 0.3) is 5.56 Å². The topological polar surface area (TPSA) is 68.5 Å². The second-order valence-corrected chi connectivity index (χ2v) is 4.27. The van der Waals surface area contributed by atoms with Gasteiger partial charge in [-0.05, 0) is 19.8 Å². The first kappa shape index (κ1) is 10.7. The molecule has 0 bridgehead atoms. The minimum atomic E-state index is -0.643. The lowest BCUT2D eigenvalue weighted by molar-refractivity contribution is 0.0596. The summed E-state index contributed by atoms with van der Waals surface area (Å²) >= 11 is 0. The van der Waals surface area contributed by atoms with Crippen LogP contribution in [0, 0.1) is 0 Å². The van der Waals surface area contributed by atoms with Crippen molar-refractivity contribution in [1.29, 1.82) is 0 Å². The number of aromatic nitrogens is 1. The van der Waals surface area contributed by atoms with Crippen LogP contribution in [0.3, 0.4) is 0 Å². The molecule has 0 aromatic carbocycles. The SMILES string of the molecule is COC(=O)c1cn(C2(C)CC2)c(=O)cc1O. The molecule has 0 amide bonds. The van der Waals surface area contributed by atoms with Gasteiger partial charge in [-0.3, -0.25) is 4.79 Å². The van der Waals surface area contributed by atoms with Gasteiger partial charge in [0.05, 0.1) is 7.11 Å². The van der Waals surface area contributed by atoms with E-state index in [4.69, 9.17) is 0 Å². The van der Waals surface area contributed by atoms with E-state index in [2.05, 4.69) is 4.74 Å². The number of carbonyl (C=O) groups is 1. The van der Waals surface area contributed by atoms with Crippen molar-refractivity contribution in [3.8, 4) is 5.75 Å². The van der Waals surface area contributed by atoms with Gasteiger partial charge in [0.15, 0.2) is 0 Å². The lowest BCUT2D eigenvalue weighted by Gasteiger charge is -2.14. The third-order valence-electron chi connectivity index (χ3n) is 2.99. The maximum atomic E-state index is 11.6. The summed E-state index contributed by atoms with van der Waals surface area (Å²) in [6, 6.07) is 1.05. The molecule has 1 aromatic heterocycles. The van der Waals surface area contributed by atoms with Gasteiger partial charge >= 0.3 is 5.97 Å². The van der Waals surface area contributed by atoms with E-state index in [0.717, 1.165) is 18.9 Å². The Morgan fingerprint density at radius 1 is 1.56 bits per heavy atom. The van der Waals surface area contributed by atoms with Crippen LogP contribution in [0.5, 0.6) is 5.75 Å². The second-order valence-electron chi connectivity index (χ2n) is 4.27. The van der Waals surface area contributed by atoms with Gasteiger partial charge in [0.1, 0.15) is 11.3 Å². The lowest BCUT2D eigenvalue weighted by Crippen LogP contribution is -2.28. The molecule has 0 saturated heterocycles. The number of ether oxygens (including phenoxy) is 1. The summed E-state index contributed by atoms with van der Waals surface area (Å²) < 4.78 is 6.02. The van der Waals surface area contributed by atoms with Gasteiger partial charge in [0, 0.05) is 17.8 Å². The number of carbonyl (C=O) groups excluding carboxylic acids is 1. The van der Waals surface area contributed by atoms with Crippen LogP contribution in [0.15, 0.2) is 17.1 Å². The Bertz CT molecular complexity index is 499. The molecular formula is C11H13NO4. The summed E-state index contributed by atoms with van der Waals surface area (Å²) in [4.78, 5) is 23.0. The van der Waals surface area contributed by atoms with Crippen LogP contribution >= 0.6 is 0 Å². The van der Waals surface area contributed by atoms with E-state index in [9.17, 15) is 14.7 Å². The zero-order valence-electron chi connectivity index (χ0n) is 9.19. The van der Waals surface area contributed by atoms with E-state index in [1.807, 2.05) is 6.92 Å². The predicted molar refractivity (Wildman–Crippen MR) is 56.6 cm³/mol. The van der Waals surface area contributed by atoms with Crippen molar-refractivity contribution < 1.29 is 14.6 Å². The van der Waals surface area contributed by atoms with Crippen LogP contribution in [0.1, 0.15) is 30.1 Å². The molecule has 1 aromatic rings. The molecule has 16 heavy (non-hydrogen) atoms. The Morgan fingerprint density at radius 3 is 2.69 bits per heavy atom. The van der Waals surface area contributed by atoms with Gasteiger partial charge in [-0.1, -0.05) is 0 Å². The van der Waals surface area contributed by atoms with E-state index < -0.39 is 5.97 Å². The first-order valence-corrected chi connectivity index (χ1v) is 5.02. The Morgan fingerprint density at radius 2 is 2.19 bits per heavy atom. The lowest BCUT2D eigenvalue weighted by atomic mass is 10.2. The van der Waals surface area contributed by atoms with Crippen molar-refractivity contribution in [3.63, 3.8) is 0 Å². The third-order valence-corrected chi connectivity index (χ3v) is 2.99. The second kappa shape index (κ2) is 3.37. The number of hydrogen-bond donors (Lipinski definition) is 1. The maximum Gasteiger partial charge on any atom is 0.343 e. The summed E-state index contributed by atoms with van der Waals surface area (Å²) in [7, 11) is 1.23. The number of aromatic hydroxyl groups is 1. The van der Waals surface area contributed by atoms with E-state index >= 15 is 0 Å². The number of methoxy groups -OCH3 is 1. The number of esters is 1. The summed E-state index contributed by atoms with van der Waals surface area (Å²) in [6.45, 7) is 1.94. The molecule has 0 unspecified atom stereocenters. The van der Waals surface area contributed by atoms with E-state index in [1.54, 1.807) is 0 Å². The van der Waals surface area contributed by atoms with Crippen molar-refractivity contribution in [2.75, 3.05) is 7.11 Å². The fourth-order valence-corrected chi connectivity index (χ4v) is 1.63. The average Bonchev–Trinajstić information content (AvgIpc) is 2.96. The van der Waals surface area contributed by atoms with Crippen LogP contribution < -0.4 is 5.56 Å². The van der Waals surface area contributed by atoms with Gasteiger partial charge in [-0.2, -0.15) is 0 Å². The molecule has 2 rings (SSSR count). The molecule has 86 valence electrons. The third kappa shape index (κ3) is 1.58. The smallest absolute Gasteiger partial charge is 0.343 e. The van der Waals surface area contributed by atoms with Crippen LogP contribution in [0.2, 0.25) is 0 Å². The van der Waals surface area contributed by atoms with E-state index in [-0.39, 0.29) is 22.4 Å². The van der Waals surface area contributed by atoms with Gasteiger partial charge in [-0.15, -0.1) is 0 Å². The maximum absolute atomic E-state index is 11.6. The number of hydrogen-bond acceptors (Lipinski definition) is 4. The fraction of sp³-hybridized carbons (Fsp3) is 0.455. The molecule has 1 N–H and O–H groups in total. The van der Waals surface area contributed by atoms with Crippen molar-refractivity contribution in [1.82, 2.24) is 4.57 Å². The number of rotatable bonds is 2. The minimum absolute atomic E-state index is 0.0234. The predicted octanol–water partition coefficient (Wildman–Crippen LogP) is 0.849. The van der Waals surface area contributed by atoms with Crippen LogP contribution in [0.25, 0.3) is 0 Å². The Balaban J connectivity index is 2.56. The molecule has 5 heteroatoms. The van der Waals surface area contributed by atoms with Gasteiger partial charge < -0.3 is 14.4 Å². The Kier molecular flexibility index (Phi) is 2.26. The van der Waals surface area contributed by atoms with Crippen molar-refractivity contribution in [3.05, 3.63) is 28.2 Å². The first-order chi connectivity index (χ1) is 7.48. The average molecular weight is 223 g/mol. The normalized spacial score (nSPS) is 16.9. The van der Waals surface area contributed by atoms with Crippen molar-refractivity contribution in [2.45, 2.75) is 25.3 Å². The molecule has 5 nitrogen and oxygen atoms in total. The van der Waals surface area contributed by atoms with Crippen LogP contribution in [0.4, 0.5) is 0 Å². The highest BCUT2D eigenvalue weighted by atomic mass is 16.5. The highest BCUT2D eigenvalue weighted by Gasteiger charge is 2.40. The molecule has 1 saturated carbocycles. The molecule has 0 radical (unpaired) electrons. The van der Waals surface area contributed by atoms with E-state index in [1.165, 1.54) is 17.9 Å². The first-order valence-electron chi connectivity index (χ1n) is 5.02. The van der Waals surface area contributed by atoms with E-state index in [0.29, 0.717) is 0 Å². The fourth-order valence-electron chi connectivity index (χ4n) is 1.63. The highest BCUT2D eigenvalue weighted by Crippen LogP contribution is 2.42. The Hall–Kier alpha value is -1.78. The van der Waals surface area contributed by atoms with Crippen molar-refractivity contribution in [2.24, 2.45) is 0 Å². The molecule has 1 heterocycles. The van der Waals surface area contributed by atoms with Crippen LogP contribution in [-0.2, 0) is 10.3 Å². The molecule has 1 aliphatic rings. The van der Waals surface area contributed by atoms with Gasteiger partial charge in [0.2, 0.25) is 0 Å². The molecule has 1 fully saturated rings. The molecule has 0 spiro atoms. The molecular weight excluding hydrogens is 210 g/mol. The summed E-state index contributed by atoms with van der Waals surface area (Å²) in [6.07, 6.45) is 3.17. The molecule has 1 aliphatic carbocycles. The molecule has 0 atom stereocenters. The van der Waals surface area contributed by atoms with Crippen LogP contribution in [-0.4, -0.2) is 22.8 Å². The van der Waals surface area contributed by atoms with Crippen molar-refractivity contribution >= 4 is 5.97 Å². The number of nitrogens with zero attached hydrogens (tertiary/aromatic N) is 1. The minimum Gasteiger partial charge on any atom is -0.507 e. The summed E-state index contributed by atoms with van der Waals surface area (Å²) in [5, 5.41) is 9.49. The quantitative estimate of drug-likeness (QED) is 0.755. The zero-order chi connectivity index (χ0) is 11.9. The monoisotopic (exact) mass is 223 g/mol. The summed E-state index contributed by atoms with van der Waals surface area (Å²) in [5.74, 6) is -0.979. The standard InChI is InChI=1S/C11H13NO4/c1-11(3-4-11)12-6-7(10(15)16-2)8(13)5-9(12)14/h5-6,13H,3-4H2,1-2H3. The molecule has 0 aliphatic heterocycles.